The summed E-state index contributed by atoms with van der Waals surface area (Å²) in [5.41, 5.74) is 0.588. The Morgan fingerprint density at radius 1 is 1.29 bits per heavy atom. The highest BCUT2D eigenvalue weighted by Crippen LogP contribution is 2.37. The number of nitrogens with one attached hydrogen (secondary N) is 1. The highest BCUT2D eigenvalue weighted by Gasteiger charge is 2.29. The van der Waals surface area contributed by atoms with E-state index in [2.05, 4.69) is 45.0 Å². The van der Waals surface area contributed by atoms with E-state index >= 15 is 0 Å². The molecule has 0 aromatic heterocycles. The van der Waals surface area contributed by atoms with Crippen molar-refractivity contribution < 1.29 is 0 Å². The molecule has 17 heavy (non-hydrogen) atoms. The normalized spacial score (nSPS) is 22.9. The first-order chi connectivity index (χ1) is 7.96. The lowest BCUT2D eigenvalue weighted by Crippen LogP contribution is -2.43. The lowest BCUT2D eigenvalue weighted by Gasteiger charge is -2.41. The standard InChI is InChI=1S/C15H32N2/c1-6-16-12-9-13(2)17(5)14-7-10-15(3,4)11-8-14/h13-14,16H,6-12H2,1-5H3. The van der Waals surface area contributed by atoms with Crippen molar-refractivity contribution in [2.75, 3.05) is 20.1 Å². The second-order valence-corrected chi connectivity index (χ2v) is 6.55. The van der Waals surface area contributed by atoms with Crippen LogP contribution < -0.4 is 5.32 Å². The van der Waals surface area contributed by atoms with Crippen molar-refractivity contribution in [3.05, 3.63) is 0 Å². The summed E-state index contributed by atoms with van der Waals surface area (Å²) in [5.74, 6) is 0. The summed E-state index contributed by atoms with van der Waals surface area (Å²) in [6.07, 6.45) is 6.82. The summed E-state index contributed by atoms with van der Waals surface area (Å²) in [6, 6.07) is 1.53. The topological polar surface area (TPSA) is 15.3 Å². The van der Waals surface area contributed by atoms with Gasteiger partial charge in [-0.25, -0.2) is 0 Å². The maximum absolute atomic E-state index is 3.42. The Hall–Kier alpha value is -0.0800. The van der Waals surface area contributed by atoms with Gasteiger partial charge in [0, 0.05) is 12.1 Å². The van der Waals surface area contributed by atoms with Crippen LogP contribution in [-0.4, -0.2) is 37.1 Å². The first-order valence-corrected chi connectivity index (χ1v) is 7.39. The molecule has 102 valence electrons. The van der Waals surface area contributed by atoms with Gasteiger partial charge in [-0.1, -0.05) is 20.8 Å². The molecule has 0 amide bonds. The molecule has 0 saturated heterocycles. The molecule has 0 bridgehead atoms. The molecule has 1 saturated carbocycles. The minimum absolute atomic E-state index is 0.588. The van der Waals surface area contributed by atoms with Gasteiger partial charge in [-0.05, 0) is 64.6 Å². The van der Waals surface area contributed by atoms with Crippen molar-refractivity contribution >= 4 is 0 Å². The molecule has 1 rings (SSSR count). The summed E-state index contributed by atoms with van der Waals surface area (Å²) in [5, 5.41) is 3.42. The Kier molecular flexibility index (Phi) is 5.94. The van der Waals surface area contributed by atoms with Crippen molar-refractivity contribution in [2.24, 2.45) is 5.41 Å². The monoisotopic (exact) mass is 240 g/mol. The molecule has 0 aromatic rings. The maximum atomic E-state index is 3.42. The fraction of sp³-hybridized carbons (Fsp3) is 1.00. The summed E-state index contributed by atoms with van der Waals surface area (Å²) in [6.45, 7) is 11.6. The van der Waals surface area contributed by atoms with Crippen LogP contribution in [0.2, 0.25) is 0 Å². The fourth-order valence-corrected chi connectivity index (χ4v) is 2.84. The molecule has 1 N–H and O–H groups in total. The Bertz CT molecular complexity index is 203. The Morgan fingerprint density at radius 3 is 2.41 bits per heavy atom. The molecule has 1 unspecified atom stereocenters. The first kappa shape index (κ1) is 15.0. The van der Waals surface area contributed by atoms with E-state index < -0.39 is 0 Å². The summed E-state index contributed by atoms with van der Waals surface area (Å²) >= 11 is 0. The van der Waals surface area contributed by atoms with Gasteiger partial charge < -0.3 is 10.2 Å². The quantitative estimate of drug-likeness (QED) is 0.717. The molecule has 0 aliphatic heterocycles. The fourth-order valence-electron chi connectivity index (χ4n) is 2.84. The van der Waals surface area contributed by atoms with Gasteiger partial charge in [0.25, 0.3) is 0 Å². The van der Waals surface area contributed by atoms with Gasteiger partial charge in [0.05, 0.1) is 0 Å². The average Bonchev–Trinajstić information content (AvgIpc) is 2.28. The number of rotatable bonds is 6. The molecule has 2 nitrogen and oxygen atoms in total. The van der Waals surface area contributed by atoms with Crippen molar-refractivity contribution in [3.63, 3.8) is 0 Å². The lowest BCUT2D eigenvalue weighted by atomic mass is 9.75. The van der Waals surface area contributed by atoms with Crippen LogP contribution in [0, 0.1) is 5.41 Å². The molecule has 1 aliphatic carbocycles. The van der Waals surface area contributed by atoms with E-state index in [1.807, 2.05) is 0 Å². The zero-order valence-electron chi connectivity index (χ0n) is 12.6. The minimum Gasteiger partial charge on any atom is -0.317 e. The van der Waals surface area contributed by atoms with Crippen molar-refractivity contribution in [1.82, 2.24) is 10.2 Å². The molecule has 0 aromatic carbocycles. The van der Waals surface area contributed by atoms with Crippen LogP contribution in [0.3, 0.4) is 0 Å². The van der Waals surface area contributed by atoms with E-state index in [1.54, 1.807) is 0 Å². The second kappa shape index (κ2) is 6.75. The van der Waals surface area contributed by atoms with E-state index in [4.69, 9.17) is 0 Å². The molecule has 0 spiro atoms. The highest BCUT2D eigenvalue weighted by atomic mass is 15.2. The van der Waals surface area contributed by atoms with Crippen LogP contribution in [0.15, 0.2) is 0 Å². The maximum Gasteiger partial charge on any atom is 0.00954 e. The molecule has 0 heterocycles. The van der Waals surface area contributed by atoms with E-state index in [1.165, 1.54) is 32.1 Å². The largest absolute Gasteiger partial charge is 0.317 e. The lowest BCUT2D eigenvalue weighted by molar-refractivity contribution is 0.0970. The molecular formula is C15H32N2. The SMILES string of the molecule is CCNCCC(C)N(C)C1CCC(C)(C)CC1. The van der Waals surface area contributed by atoms with Crippen molar-refractivity contribution in [2.45, 2.75) is 71.9 Å². The van der Waals surface area contributed by atoms with Crippen LogP contribution in [0.4, 0.5) is 0 Å². The van der Waals surface area contributed by atoms with Crippen LogP contribution in [0.25, 0.3) is 0 Å². The van der Waals surface area contributed by atoms with Crippen LogP contribution >= 0.6 is 0 Å². The molecular weight excluding hydrogens is 208 g/mol. The third kappa shape index (κ3) is 4.97. The van der Waals surface area contributed by atoms with E-state index in [0.717, 1.165) is 19.1 Å². The predicted molar refractivity (Wildman–Crippen MR) is 76.4 cm³/mol. The van der Waals surface area contributed by atoms with Crippen LogP contribution in [-0.2, 0) is 0 Å². The smallest absolute Gasteiger partial charge is 0.00954 e. The summed E-state index contributed by atoms with van der Waals surface area (Å²) < 4.78 is 0. The van der Waals surface area contributed by atoms with Gasteiger partial charge in [0.1, 0.15) is 0 Å². The number of hydrogen-bond acceptors (Lipinski definition) is 2. The van der Waals surface area contributed by atoms with Crippen molar-refractivity contribution in [1.29, 1.82) is 0 Å². The van der Waals surface area contributed by atoms with Crippen LogP contribution in [0.5, 0.6) is 0 Å². The molecule has 1 aliphatic rings. The molecule has 1 fully saturated rings. The zero-order valence-corrected chi connectivity index (χ0v) is 12.6. The van der Waals surface area contributed by atoms with Gasteiger partial charge in [-0.3, -0.25) is 0 Å². The number of hydrogen-bond donors (Lipinski definition) is 1. The second-order valence-electron chi connectivity index (χ2n) is 6.55. The zero-order chi connectivity index (χ0) is 12.9. The van der Waals surface area contributed by atoms with Crippen molar-refractivity contribution in [3.8, 4) is 0 Å². The van der Waals surface area contributed by atoms with E-state index in [-0.39, 0.29) is 0 Å². The Balaban J connectivity index is 2.29. The third-order valence-corrected chi connectivity index (χ3v) is 4.57. The Labute approximate surface area is 108 Å². The highest BCUT2D eigenvalue weighted by molar-refractivity contribution is 4.84. The average molecular weight is 240 g/mol. The predicted octanol–water partition coefficient (Wildman–Crippen LogP) is 3.28. The molecule has 2 heteroatoms. The minimum atomic E-state index is 0.588. The van der Waals surface area contributed by atoms with Gasteiger partial charge in [-0.15, -0.1) is 0 Å². The van der Waals surface area contributed by atoms with E-state index in [0.29, 0.717) is 11.5 Å². The van der Waals surface area contributed by atoms with Crippen LogP contribution in [0.1, 0.15) is 59.8 Å². The number of nitrogens with zero attached hydrogens (tertiary/aromatic N) is 1. The Morgan fingerprint density at radius 2 is 1.88 bits per heavy atom. The molecule has 1 atom stereocenters. The van der Waals surface area contributed by atoms with Gasteiger partial charge in [0.15, 0.2) is 0 Å². The van der Waals surface area contributed by atoms with Gasteiger partial charge >= 0.3 is 0 Å². The summed E-state index contributed by atoms with van der Waals surface area (Å²) in [7, 11) is 2.32. The van der Waals surface area contributed by atoms with Gasteiger partial charge in [0.2, 0.25) is 0 Å². The molecule has 0 radical (unpaired) electrons. The van der Waals surface area contributed by atoms with E-state index in [9.17, 15) is 0 Å². The summed E-state index contributed by atoms with van der Waals surface area (Å²) in [4.78, 5) is 2.62. The third-order valence-electron chi connectivity index (χ3n) is 4.57. The van der Waals surface area contributed by atoms with Gasteiger partial charge in [-0.2, -0.15) is 0 Å². The first-order valence-electron chi connectivity index (χ1n) is 7.39.